The summed E-state index contributed by atoms with van der Waals surface area (Å²) in [5.74, 6) is 2.53. The first kappa shape index (κ1) is 20.5. The molecule has 3 aromatic rings. The Morgan fingerprint density at radius 2 is 1.97 bits per heavy atom. The molecule has 152 valence electrons. The minimum Gasteiger partial charge on any atom is -0.497 e. The lowest BCUT2D eigenvalue weighted by Gasteiger charge is -2.11. The van der Waals surface area contributed by atoms with Crippen LogP contribution in [-0.4, -0.2) is 41.1 Å². The molecule has 0 bridgehead atoms. The lowest BCUT2D eigenvalue weighted by Crippen LogP contribution is -2.14. The molecule has 1 aromatic heterocycles. The fraction of sp³-hybridized carbons (Fsp3) is 0.250. The number of methoxy groups -OCH3 is 2. The number of ether oxygens (including phenoxy) is 3. The van der Waals surface area contributed by atoms with E-state index in [0.717, 1.165) is 11.3 Å². The predicted octanol–water partition coefficient (Wildman–Crippen LogP) is 3.44. The van der Waals surface area contributed by atoms with E-state index in [4.69, 9.17) is 14.2 Å². The zero-order valence-corrected chi connectivity index (χ0v) is 17.2. The lowest BCUT2D eigenvalue weighted by atomic mass is 10.2. The topological polar surface area (TPSA) is 98.4 Å². The number of carbonyl (C=O) groups is 1. The Morgan fingerprint density at radius 1 is 1.14 bits per heavy atom. The van der Waals surface area contributed by atoms with Gasteiger partial charge in [0.2, 0.25) is 11.1 Å². The van der Waals surface area contributed by atoms with Crippen molar-refractivity contribution in [3.63, 3.8) is 0 Å². The van der Waals surface area contributed by atoms with Crippen LogP contribution in [0.1, 0.15) is 11.4 Å². The average Bonchev–Trinajstić information content (AvgIpc) is 3.20. The van der Waals surface area contributed by atoms with Crippen molar-refractivity contribution in [3.8, 4) is 17.2 Å². The Morgan fingerprint density at radius 3 is 2.72 bits per heavy atom. The van der Waals surface area contributed by atoms with Crippen molar-refractivity contribution in [2.75, 3.05) is 25.3 Å². The molecule has 0 radical (unpaired) electrons. The zero-order valence-electron chi connectivity index (χ0n) is 16.4. The molecule has 1 heterocycles. The summed E-state index contributed by atoms with van der Waals surface area (Å²) in [6.07, 6.45) is 0. The van der Waals surface area contributed by atoms with Gasteiger partial charge in [0.15, 0.2) is 5.82 Å². The molecule has 0 fully saturated rings. The summed E-state index contributed by atoms with van der Waals surface area (Å²) < 4.78 is 16.2. The van der Waals surface area contributed by atoms with Crippen LogP contribution in [0.5, 0.6) is 17.2 Å². The number of thioether (sulfide) groups is 1. The van der Waals surface area contributed by atoms with Crippen LogP contribution in [0.25, 0.3) is 0 Å². The van der Waals surface area contributed by atoms with Crippen LogP contribution >= 0.6 is 11.8 Å². The van der Waals surface area contributed by atoms with E-state index in [-0.39, 0.29) is 18.3 Å². The van der Waals surface area contributed by atoms with Gasteiger partial charge in [-0.1, -0.05) is 30.0 Å². The van der Waals surface area contributed by atoms with E-state index >= 15 is 0 Å². The molecule has 9 heteroatoms. The predicted molar refractivity (Wildman–Crippen MR) is 111 cm³/mol. The standard InChI is InChI=1S/C20H22N4O4S/c1-13-6-4-5-7-16(13)28-11-18-22-20(24-23-18)29-12-19(25)21-15-9-8-14(26-2)10-17(15)27-3/h4-10H,11-12H2,1-3H3,(H,21,25)(H,22,23,24). The smallest absolute Gasteiger partial charge is 0.234 e. The minimum absolute atomic E-state index is 0.158. The van der Waals surface area contributed by atoms with Gasteiger partial charge >= 0.3 is 0 Å². The monoisotopic (exact) mass is 414 g/mol. The van der Waals surface area contributed by atoms with Gasteiger partial charge < -0.3 is 19.5 Å². The number of anilines is 1. The number of benzene rings is 2. The Kier molecular flexibility index (Phi) is 6.96. The van der Waals surface area contributed by atoms with Crippen LogP contribution in [0.4, 0.5) is 5.69 Å². The number of aryl methyl sites for hydroxylation is 1. The number of aromatic nitrogens is 3. The normalized spacial score (nSPS) is 10.4. The van der Waals surface area contributed by atoms with Gasteiger partial charge in [-0.3, -0.25) is 9.89 Å². The van der Waals surface area contributed by atoms with Crippen LogP contribution in [-0.2, 0) is 11.4 Å². The van der Waals surface area contributed by atoms with Gasteiger partial charge in [-0.2, -0.15) is 0 Å². The highest BCUT2D eigenvalue weighted by Crippen LogP contribution is 2.29. The second-order valence-electron chi connectivity index (χ2n) is 6.02. The third kappa shape index (κ3) is 5.64. The first-order chi connectivity index (χ1) is 14.1. The first-order valence-corrected chi connectivity index (χ1v) is 9.82. The van der Waals surface area contributed by atoms with Gasteiger partial charge in [-0.15, -0.1) is 5.10 Å². The third-order valence-corrected chi connectivity index (χ3v) is 4.83. The maximum absolute atomic E-state index is 12.3. The van der Waals surface area contributed by atoms with Crippen molar-refractivity contribution in [3.05, 3.63) is 53.9 Å². The Balaban J connectivity index is 1.50. The molecule has 0 unspecified atom stereocenters. The van der Waals surface area contributed by atoms with Gasteiger partial charge in [0.05, 0.1) is 25.7 Å². The summed E-state index contributed by atoms with van der Waals surface area (Å²) in [5, 5.41) is 10.2. The number of hydrogen-bond donors (Lipinski definition) is 2. The molecule has 0 spiro atoms. The van der Waals surface area contributed by atoms with E-state index in [9.17, 15) is 4.79 Å². The molecule has 0 saturated heterocycles. The first-order valence-electron chi connectivity index (χ1n) is 8.83. The Hall–Kier alpha value is -3.20. The quantitative estimate of drug-likeness (QED) is 0.518. The molecule has 0 aliphatic rings. The second kappa shape index (κ2) is 9.83. The van der Waals surface area contributed by atoms with Gasteiger partial charge in [0.1, 0.15) is 23.9 Å². The summed E-state index contributed by atoms with van der Waals surface area (Å²) in [7, 11) is 3.11. The molecule has 0 aliphatic heterocycles. The average molecular weight is 414 g/mol. The molecule has 0 atom stereocenters. The molecule has 2 aromatic carbocycles. The highest BCUT2D eigenvalue weighted by atomic mass is 32.2. The minimum atomic E-state index is -0.194. The van der Waals surface area contributed by atoms with E-state index in [1.54, 1.807) is 25.3 Å². The zero-order chi connectivity index (χ0) is 20.6. The number of para-hydroxylation sites is 1. The Bertz CT molecular complexity index is 977. The number of nitrogens with zero attached hydrogens (tertiary/aromatic N) is 2. The van der Waals surface area contributed by atoms with E-state index in [1.165, 1.54) is 18.9 Å². The molecule has 0 aliphatic carbocycles. The van der Waals surface area contributed by atoms with E-state index in [2.05, 4.69) is 20.5 Å². The fourth-order valence-electron chi connectivity index (χ4n) is 2.49. The summed E-state index contributed by atoms with van der Waals surface area (Å²) in [6.45, 7) is 2.25. The number of nitrogens with one attached hydrogen (secondary N) is 2. The number of amides is 1. The molecule has 1 amide bonds. The number of aromatic amines is 1. The molecular weight excluding hydrogens is 392 g/mol. The van der Waals surface area contributed by atoms with Crippen molar-refractivity contribution < 1.29 is 19.0 Å². The van der Waals surface area contributed by atoms with Crippen LogP contribution in [0, 0.1) is 6.92 Å². The van der Waals surface area contributed by atoms with Crippen molar-refractivity contribution in [1.82, 2.24) is 15.2 Å². The highest BCUT2D eigenvalue weighted by molar-refractivity contribution is 7.99. The Labute approximate surface area is 173 Å². The third-order valence-electron chi connectivity index (χ3n) is 3.98. The fourth-order valence-corrected chi connectivity index (χ4v) is 3.11. The highest BCUT2D eigenvalue weighted by Gasteiger charge is 2.12. The van der Waals surface area contributed by atoms with Gasteiger partial charge in [-0.25, -0.2) is 4.98 Å². The number of rotatable bonds is 9. The molecule has 0 saturated carbocycles. The molecular formula is C20H22N4O4S. The van der Waals surface area contributed by atoms with Crippen LogP contribution in [0.15, 0.2) is 47.6 Å². The van der Waals surface area contributed by atoms with Crippen molar-refractivity contribution in [1.29, 1.82) is 0 Å². The maximum Gasteiger partial charge on any atom is 0.234 e. The molecule has 29 heavy (non-hydrogen) atoms. The second-order valence-corrected chi connectivity index (χ2v) is 6.96. The van der Waals surface area contributed by atoms with E-state index < -0.39 is 0 Å². The van der Waals surface area contributed by atoms with Gasteiger partial charge in [0, 0.05) is 6.07 Å². The summed E-state index contributed by atoms with van der Waals surface area (Å²) >= 11 is 1.23. The largest absolute Gasteiger partial charge is 0.497 e. The van der Waals surface area contributed by atoms with Crippen LogP contribution in [0.2, 0.25) is 0 Å². The summed E-state index contributed by atoms with van der Waals surface area (Å²) in [4.78, 5) is 16.6. The van der Waals surface area contributed by atoms with E-state index in [0.29, 0.717) is 28.2 Å². The van der Waals surface area contributed by atoms with Crippen molar-refractivity contribution in [2.45, 2.75) is 18.7 Å². The molecule has 8 nitrogen and oxygen atoms in total. The maximum atomic E-state index is 12.3. The van der Waals surface area contributed by atoms with Crippen LogP contribution < -0.4 is 19.5 Å². The van der Waals surface area contributed by atoms with Crippen molar-refractivity contribution >= 4 is 23.4 Å². The van der Waals surface area contributed by atoms with Crippen molar-refractivity contribution in [2.24, 2.45) is 0 Å². The lowest BCUT2D eigenvalue weighted by molar-refractivity contribution is -0.113. The summed E-state index contributed by atoms with van der Waals surface area (Å²) in [5.41, 5.74) is 1.62. The number of carbonyl (C=O) groups excluding carboxylic acids is 1. The number of H-pyrrole nitrogens is 1. The number of hydrogen-bond acceptors (Lipinski definition) is 7. The van der Waals surface area contributed by atoms with Crippen LogP contribution in [0.3, 0.4) is 0 Å². The molecule has 2 N–H and O–H groups in total. The molecule has 3 rings (SSSR count). The van der Waals surface area contributed by atoms with Gasteiger partial charge in [0.25, 0.3) is 0 Å². The summed E-state index contributed by atoms with van der Waals surface area (Å²) in [6, 6.07) is 12.9. The van der Waals surface area contributed by atoms with E-state index in [1.807, 2.05) is 31.2 Å². The SMILES string of the molecule is COc1ccc(NC(=O)CSc2n[nH]c(COc3ccccc3C)n2)c(OC)c1. The van der Waals surface area contributed by atoms with Gasteiger partial charge in [-0.05, 0) is 30.7 Å².